The van der Waals surface area contributed by atoms with Gasteiger partial charge in [-0.05, 0) is 29.3 Å². The van der Waals surface area contributed by atoms with E-state index < -0.39 is 0 Å². The molecule has 0 amide bonds. The van der Waals surface area contributed by atoms with Crippen LogP contribution in [0, 0.1) is 0 Å². The Bertz CT molecular complexity index is 987. The molecule has 0 spiro atoms. The fourth-order valence-electron chi connectivity index (χ4n) is 2.37. The van der Waals surface area contributed by atoms with Gasteiger partial charge in [0, 0.05) is 11.4 Å². The van der Waals surface area contributed by atoms with Crippen molar-refractivity contribution in [3.05, 3.63) is 81.6 Å². The summed E-state index contributed by atoms with van der Waals surface area (Å²) in [5.41, 5.74) is 2.27. The van der Waals surface area contributed by atoms with Crippen LogP contribution >= 0.6 is 22.9 Å². The average Bonchev–Trinajstić information content (AvgIpc) is 3.17. The molecule has 118 valence electrons. The third-order valence-corrected chi connectivity index (χ3v) is 4.68. The lowest BCUT2D eigenvalue weighted by Gasteiger charge is -1.97. The highest BCUT2D eigenvalue weighted by molar-refractivity contribution is 7.17. The maximum Gasteiger partial charge on any atom is 0.234 e. The molecule has 0 atom stereocenters. The van der Waals surface area contributed by atoms with Crippen LogP contribution in [-0.2, 0) is 6.42 Å². The van der Waals surface area contributed by atoms with Crippen molar-refractivity contribution >= 4 is 40.1 Å². The minimum absolute atomic E-state index is 0.714. The van der Waals surface area contributed by atoms with Gasteiger partial charge >= 0.3 is 0 Å². The molecule has 4 nitrogen and oxygen atoms in total. The zero-order valence-electron chi connectivity index (χ0n) is 12.6. The normalized spacial score (nSPS) is 11.5. The summed E-state index contributed by atoms with van der Waals surface area (Å²) in [4.78, 5) is 0.802. The topological polar surface area (TPSA) is 43.1 Å². The van der Waals surface area contributed by atoms with Gasteiger partial charge in [-0.25, -0.2) is 0 Å². The van der Waals surface area contributed by atoms with Crippen molar-refractivity contribution in [3.63, 3.8) is 0 Å². The predicted molar refractivity (Wildman–Crippen MR) is 98.3 cm³/mol. The summed E-state index contributed by atoms with van der Waals surface area (Å²) >= 11 is 7.42. The Morgan fingerprint density at radius 3 is 2.54 bits per heavy atom. The lowest BCUT2D eigenvalue weighted by atomic mass is 10.1. The third-order valence-electron chi connectivity index (χ3n) is 3.56. The molecule has 2 aromatic carbocycles. The lowest BCUT2D eigenvalue weighted by Crippen LogP contribution is -1.97. The molecule has 0 aliphatic heterocycles. The molecule has 0 saturated carbocycles. The van der Waals surface area contributed by atoms with Gasteiger partial charge < -0.3 is 0 Å². The summed E-state index contributed by atoms with van der Waals surface area (Å²) in [6, 6.07) is 17.9. The molecule has 0 N–H and O–H groups in total. The van der Waals surface area contributed by atoms with Gasteiger partial charge in [-0.1, -0.05) is 71.5 Å². The minimum atomic E-state index is 0.714. The monoisotopic (exact) mass is 352 g/mol. The highest BCUT2D eigenvalue weighted by Gasteiger charge is 2.10. The van der Waals surface area contributed by atoms with Crippen LogP contribution in [0.2, 0.25) is 5.02 Å². The number of fused-ring (bicyclic) bond motifs is 1. The first-order valence-corrected chi connectivity index (χ1v) is 8.66. The van der Waals surface area contributed by atoms with E-state index in [4.69, 9.17) is 11.6 Å². The molecule has 4 aromatic rings. The van der Waals surface area contributed by atoms with Crippen molar-refractivity contribution in [3.8, 4) is 0 Å². The predicted octanol–water partition coefficient (Wildman–Crippen LogP) is 4.60. The maximum absolute atomic E-state index is 5.90. The standard InChI is InChI=1S/C18H13ClN4S/c19-15-9-6-13(7-10-15)8-11-17-22-23-16(20-21-18(23)24-17)12-14-4-2-1-3-5-14/h1-11H,12H2/b11-8-. The molecule has 2 aromatic heterocycles. The van der Waals surface area contributed by atoms with E-state index in [1.54, 1.807) is 0 Å². The van der Waals surface area contributed by atoms with Crippen LogP contribution in [0.15, 0.2) is 54.6 Å². The van der Waals surface area contributed by atoms with Gasteiger partial charge in [0.1, 0.15) is 5.01 Å². The smallest absolute Gasteiger partial charge is 0.187 e. The molecule has 0 aliphatic carbocycles. The molecule has 0 radical (unpaired) electrons. The average molecular weight is 353 g/mol. The van der Waals surface area contributed by atoms with Crippen LogP contribution in [-0.4, -0.2) is 19.8 Å². The van der Waals surface area contributed by atoms with Crippen molar-refractivity contribution in [1.29, 1.82) is 0 Å². The zero-order chi connectivity index (χ0) is 16.4. The molecule has 4 rings (SSSR count). The minimum Gasteiger partial charge on any atom is -0.187 e. The number of halogens is 1. The van der Waals surface area contributed by atoms with Crippen LogP contribution in [0.1, 0.15) is 22.0 Å². The highest BCUT2D eigenvalue weighted by atomic mass is 35.5. The molecule has 0 aliphatic rings. The molecular formula is C18H13ClN4S. The Morgan fingerprint density at radius 2 is 1.75 bits per heavy atom. The van der Waals surface area contributed by atoms with Crippen LogP contribution < -0.4 is 0 Å². The molecule has 0 fully saturated rings. The summed E-state index contributed by atoms with van der Waals surface area (Å²) < 4.78 is 1.82. The Kier molecular flexibility index (Phi) is 4.11. The SMILES string of the molecule is Clc1ccc(/C=C\c2nn3c(Cc4ccccc4)nnc3s2)cc1. The number of benzene rings is 2. The zero-order valence-corrected chi connectivity index (χ0v) is 14.2. The Morgan fingerprint density at radius 1 is 0.958 bits per heavy atom. The summed E-state index contributed by atoms with van der Waals surface area (Å²) in [6.07, 6.45) is 4.71. The number of hydrogen-bond donors (Lipinski definition) is 0. The molecule has 0 unspecified atom stereocenters. The number of hydrogen-bond acceptors (Lipinski definition) is 4. The highest BCUT2D eigenvalue weighted by Crippen LogP contribution is 2.19. The first-order chi connectivity index (χ1) is 11.8. The van der Waals surface area contributed by atoms with E-state index in [1.165, 1.54) is 16.9 Å². The fraction of sp³-hybridized carbons (Fsp3) is 0.0556. The molecule has 0 saturated heterocycles. The summed E-state index contributed by atoms with van der Waals surface area (Å²) in [7, 11) is 0. The first-order valence-electron chi connectivity index (χ1n) is 7.47. The molecule has 6 heteroatoms. The van der Waals surface area contributed by atoms with Crippen LogP contribution in [0.25, 0.3) is 17.1 Å². The first kappa shape index (κ1) is 15.1. The van der Waals surface area contributed by atoms with Crippen molar-refractivity contribution in [2.75, 3.05) is 0 Å². The largest absolute Gasteiger partial charge is 0.234 e. The summed E-state index contributed by atoms with van der Waals surface area (Å²) in [5.74, 6) is 0.846. The van der Waals surface area contributed by atoms with E-state index in [0.29, 0.717) is 6.42 Å². The Hall–Kier alpha value is -2.50. The van der Waals surface area contributed by atoms with Gasteiger partial charge in [0.2, 0.25) is 4.96 Å². The number of nitrogens with zero attached hydrogens (tertiary/aromatic N) is 4. The van der Waals surface area contributed by atoms with E-state index >= 15 is 0 Å². The van der Waals surface area contributed by atoms with Gasteiger partial charge in [0.15, 0.2) is 5.82 Å². The summed E-state index contributed by atoms with van der Waals surface area (Å²) in [6.45, 7) is 0. The summed E-state index contributed by atoms with van der Waals surface area (Å²) in [5, 5.41) is 14.7. The van der Waals surface area contributed by atoms with Crippen LogP contribution in [0.5, 0.6) is 0 Å². The lowest BCUT2D eigenvalue weighted by molar-refractivity contribution is 0.848. The quantitative estimate of drug-likeness (QED) is 0.539. The van der Waals surface area contributed by atoms with Crippen LogP contribution in [0.3, 0.4) is 0 Å². The van der Waals surface area contributed by atoms with Gasteiger partial charge in [0.25, 0.3) is 0 Å². The van der Waals surface area contributed by atoms with E-state index in [2.05, 4.69) is 27.4 Å². The molecular weight excluding hydrogens is 340 g/mol. The Balaban J connectivity index is 1.58. The van der Waals surface area contributed by atoms with Crippen molar-refractivity contribution in [2.24, 2.45) is 0 Å². The van der Waals surface area contributed by atoms with E-state index in [0.717, 1.165) is 26.4 Å². The molecule has 0 bridgehead atoms. The number of aromatic nitrogens is 4. The van der Waals surface area contributed by atoms with Gasteiger partial charge in [-0.3, -0.25) is 0 Å². The van der Waals surface area contributed by atoms with E-state index in [1.807, 2.05) is 59.1 Å². The maximum atomic E-state index is 5.90. The molecule has 24 heavy (non-hydrogen) atoms. The van der Waals surface area contributed by atoms with Gasteiger partial charge in [-0.15, -0.1) is 10.2 Å². The van der Waals surface area contributed by atoms with E-state index in [-0.39, 0.29) is 0 Å². The second kappa shape index (κ2) is 6.55. The van der Waals surface area contributed by atoms with Gasteiger partial charge in [-0.2, -0.15) is 9.61 Å². The van der Waals surface area contributed by atoms with Crippen molar-refractivity contribution in [2.45, 2.75) is 6.42 Å². The van der Waals surface area contributed by atoms with Crippen molar-refractivity contribution < 1.29 is 0 Å². The second-order valence-electron chi connectivity index (χ2n) is 5.30. The second-order valence-corrected chi connectivity index (χ2v) is 6.72. The van der Waals surface area contributed by atoms with Gasteiger partial charge in [0.05, 0.1) is 0 Å². The number of rotatable bonds is 4. The van der Waals surface area contributed by atoms with Crippen molar-refractivity contribution in [1.82, 2.24) is 19.8 Å². The van der Waals surface area contributed by atoms with Crippen LogP contribution in [0.4, 0.5) is 0 Å². The fourth-order valence-corrected chi connectivity index (χ4v) is 3.26. The Labute approximate surface area is 148 Å². The third kappa shape index (κ3) is 3.22. The molecule has 2 heterocycles. The van der Waals surface area contributed by atoms with E-state index in [9.17, 15) is 0 Å².